The van der Waals surface area contributed by atoms with Crippen molar-refractivity contribution in [3.63, 3.8) is 0 Å². The fraction of sp³-hybridized carbons (Fsp3) is 0.600. The van der Waals surface area contributed by atoms with E-state index in [-0.39, 0.29) is 10.9 Å². The van der Waals surface area contributed by atoms with Crippen LogP contribution >= 0.6 is 0 Å². The summed E-state index contributed by atoms with van der Waals surface area (Å²) in [6.45, 7) is 4.01. The molecule has 5 heteroatoms. The number of hydrogen-bond acceptors (Lipinski definition) is 3. The SMILES string of the molecule is CCN(C1CCCC1)S(=O)(=O)c1cccc(C(C)O)c1. The molecule has 20 heavy (non-hydrogen) atoms. The van der Waals surface area contributed by atoms with E-state index in [9.17, 15) is 13.5 Å². The minimum absolute atomic E-state index is 0.125. The van der Waals surface area contributed by atoms with Crippen molar-refractivity contribution >= 4 is 10.0 Å². The standard InChI is InChI=1S/C15H23NO3S/c1-3-16(14-8-4-5-9-14)20(18,19)15-10-6-7-13(11-15)12(2)17/h6-7,10-12,14,17H,3-5,8-9H2,1-2H3. The molecule has 0 radical (unpaired) electrons. The lowest BCUT2D eigenvalue weighted by molar-refractivity contribution is 0.199. The van der Waals surface area contributed by atoms with Gasteiger partial charge in [-0.15, -0.1) is 0 Å². The van der Waals surface area contributed by atoms with Crippen LogP contribution in [0.4, 0.5) is 0 Å². The Balaban J connectivity index is 2.35. The summed E-state index contributed by atoms with van der Waals surface area (Å²) in [4.78, 5) is 0.282. The van der Waals surface area contributed by atoms with Crippen molar-refractivity contribution in [2.24, 2.45) is 0 Å². The van der Waals surface area contributed by atoms with Gasteiger partial charge in [0, 0.05) is 12.6 Å². The first-order chi connectivity index (χ1) is 9.46. The predicted octanol–water partition coefficient (Wildman–Crippen LogP) is 2.69. The number of nitrogens with zero attached hydrogens (tertiary/aromatic N) is 1. The summed E-state index contributed by atoms with van der Waals surface area (Å²) in [6.07, 6.45) is 3.44. The van der Waals surface area contributed by atoms with Gasteiger partial charge in [0.15, 0.2) is 0 Å². The van der Waals surface area contributed by atoms with Crippen molar-refractivity contribution < 1.29 is 13.5 Å². The van der Waals surface area contributed by atoms with Crippen LogP contribution < -0.4 is 0 Å². The van der Waals surface area contributed by atoms with E-state index in [0.29, 0.717) is 12.1 Å². The van der Waals surface area contributed by atoms with Gasteiger partial charge in [0.1, 0.15) is 0 Å². The van der Waals surface area contributed by atoms with Gasteiger partial charge in [0.25, 0.3) is 0 Å². The maximum absolute atomic E-state index is 12.8. The second kappa shape index (κ2) is 6.24. The maximum Gasteiger partial charge on any atom is 0.243 e. The zero-order valence-corrected chi connectivity index (χ0v) is 12.9. The summed E-state index contributed by atoms with van der Waals surface area (Å²) < 4.78 is 27.2. The molecule has 0 aliphatic heterocycles. The molecular weight excluding hydrogens is 274 g/mol. The summed E-state index contributed by atoms with van der Waals surface area (Å²) in [6, 6.07) is 6.75. The van der Waals surface area contributed by atoms with Gasteiger partial charge < -0.3 is 5.11 Å². The van der Waals surface area contributed by atoms with Gasteiger partial charge in [0.2, 0.25) is 10.0 Å². The van der Waals surface area contributed by atoms with Crippen LogP contribution in [0.5, 0.6) is 0 Å². The van der Waals surface area contributed by atoms with Crippen molar-refractivity contribution in [2.45, 2.75) is 56.6 Å². The van der Waals surface area contributed by atoms with Crippen LogP contribution in [0.2, 0.25) is 0 Å². The summed E-state index contributed by atoms with van der Waals surface area (Å²) in [5, 5.41) is 9.61. The molecule has 0 aromatic heterocycles. The number of hydrogen-bond donors (Lipinski definition) is 1. The molecule has 1 unspecified atom stereocenters. The van der Waals surface area contributed by atoms with Crippen LogP contribution in [-0.4, -0.2) is 30.4 Å². The first kappa shape index (κ1) is 15.5. The molecule has 2 rings (SSSR count). The molecule has 1 aromatic carbocycles. The van der Waals surface area contributed by atoms with Crippen molar-refractivity contribution in [3.8, 4) is 0 Å². The number of rotatable bonds is 5. The minimum atomic E-state index is -3.47. The van der Waals surface area contributed by atoms with Crippen molar-refractivity contribution in [1.29, 1.82) is 0 Å². The van der Waals surface area contributed by atoms with E-state index in [4.69, 9.17) is 0 Å². The number of sulfonamides is 1. The number of aliphatic hydroxyl groups is 1. The lowest BCUT2D eigenvalue weighted by Crippen LogP contribution is -2.38. The molecule has 1 aliphatic rings. The highest BCUT2D eigenvalue weighted by Crippen LogP contribution is 2.29. The van der Waals surface area contributed by atoms with Gasteiger partial charge in [-0.05, 0) is 37.5 Å². The molecule has 1 saturated carbocycles. The van der Waals surface area contributed by atoms with E-state index < -0.39 is 16.1 Å². The molecule has 1 aliphatic carbocycles. The Morgan fingerprint density at radius 1 is 1.35 bits per heavy atom. The van der Waals surface area contributed by atoms with Crippen LogP contribution in [0.25, 0.3) is 0 Å². The smallest absolute Gasteiger partial charge is 0.243 e. The van der Waals surface area contributed by atoms with E-state index in [1.807, 2.05) is 6.92 Å². The molecule has 1 fully saturated rings. The van der Waals surface area contributed by atoms with Crippen molar-refractivity contribution in [1.82, 2.24) is 4.31 Å². The highest BCUT2D eigenvalue weighted by molar-refractivity contribution is 7.89. The van der Waals surface area contributed by atoms with Gasteiger partial charge in [-0.1, -0.05) is 31.9 Å². The Kier molecular flexibility index (Phi) is 4.83. The molecule has 0 amide bonds. The Morgan fingerprint density at radius 3 is 2.55 bits per heavy atom. The molecule has 0 bridgehead atoms. The third-order valence-electron chi connectivity index (χ3n) is 3.99. The molecule has 1 N–H and O–H groups in total. The van der Waals surface area contributed by atoms with Gasteiger partial charge in [-0.25, -0.2) is 8.42 Å². The predicted molar refractivity (Wildman–Crippen MR) is 78.9 cm³/mol. The van der Waals surface area contributed by atoms with E-state index in [0.717, 1.165) is 25.7 Å². The molecule has 1 aromatic rings. The molecule has 4 nitrogen and oxygen atoms in total. The van der Waals surface area contributed by atoms with Crippen LogP contribution in [-0.2, 0) is 10.0 Å². The van der Waals surface area contributed by atoms with Gasteiger partial charge in [-0.3, -0.25) is 0 Å². The van der Waals surface area contributed by atoms with Crippen LogP contribution in [0.1, 0.15) is 51.2 Å². The average Bonchev–Trinajstić information content (AvgIpc) is 2.93. The minimum Gasteiger partial charge on any atom is -0.389 e. The molecule has 1 atom stereocenters. The van der Waals surface area contributed by atoms with Crippen LogP contribution in [0.3, 0.4) is 0 Å². The normalized spacial score (nSPS) is 18.6. The van der Waals surface area contributed by atoms with E-state index in [1.54, 1.807) is 35.5 Å². The zero-order chi connectivity index (χ0) is 14.8. The third kappa shape index (κ3) is 3.05. The van der Waals surface area contributed by atoms with Crippen LogP contribution in [0.15, 0.2) is 29.2 Å². The fourth-order valence-electron chi connectivity index (χ4n) is 2.89. The quantitative estimate of drug-likeness (QED) is 0.909. The summed E-state index contributed by atoms with van der Waals surface area (Å²) in [5.74, 6) is 0. The third-order valence-corrected chi connectivity index (χ3v) is 6.01. The van der Waals surface area contributed by atoms with E-state index in [1.165, 1.54) is 0 Å². The molecule has 112 valence electrons. The highest BCUT2D eigenvalue weighted by Gasteiger charge is 2.32. The highest BCUT2D eigenvalue weighted by atomic mass is 32.2. The summed E-state index contributed by atoms with van der Waals surface area (Å²) in [7, 11) is -3.47. The second-order valence-corrected chi connectivity index (χ2v) is 7.29. The largest absolute Gasteiger partial charge is 0.389 e. The Hall–Kier alpha value is -0.910. The molecule has 0 saturated heterocycles. The van der Waals surface area contributed by atoms with Gasteiger partial charge in [0.05, 0.1) is 11.0 Å². The fourth-order valence-corrected chi connectivity index (χ4v) is 4.64. The number of aliphatic hydroxyl groups excluding tert-OH is 1. The summed E-state index contributed by atoms with van der Waals surface area (Å²) >= 11 is 0. The van der Waals surface area contributed by atoms with Gasteiger partial charge in [-0.2, -0.15) is 4.31 Å². The lowest BCUT2D eigenvalue weighted by atomic mass is 10.1. The average molecular weight is 297 g/mol. The van der Waals surface area contributed by atoms with E-state index >= 15 is 0 Å². The monoisotopic (exact) mass is 297 g/mol. The first-order valence-corrected chi connectivity index (χ1v) is 8.70. The molecule has 0 spiro atoms. The van der Waals surface area contributed by atoms with E-state index in [2.05, 4.69) is 0 Å². The molecular formula is C15H23NO3S. The topological polar surface area (TPSA) is 57.6 Å². The van der Waals surface area contributed by atoms with Crippen molar-refractivity contribution in [3.05, 3.63) is 29.8 Å². The lowest BCUT2D eigenvalue weighted by Gasteiger charge is -2.27. The Bertz CT molecular complexity index is 548. The van der Waals surface area contributed by atoms with Gasteiger partial charge >= 0.3 is 0 Å². The first-order valence-electron chi connectivity index (χ1n) is 7.26. The summed E-state index contributed by atoms with van der Waals surface area (Å²) in [5.41, 5.74) is 0.633. The van der Waals surface area contributed by atoms with Crippen molar-refractivity contribution in [2.75, 3.05) is 6.54 Å². The van der Waals surface area contributed by atoms with Crippen LogP contribution in [0, 0.1) is 0 Å². The zero-order valence-electron chi connectivity index (χ0n) is 12.1. The second-order valence-electron chi connectivity index (χ2n) is 5.40. The Labute approximate surface area is 121 Å². The number of benzene rings is 1. The maximum atomic E-state index is 12.8. The Morgan fingerprint density at radius 2 is 2.00 bits per heavy atom. The molecule has 0 heterocycles.